The fourth-order valence-corrected chi connectivity index (χ4v) is 1.76. The summed E-state index contributed by atoms with van der Waals surface area (Å²) in [6.45, 7) is 7.49. The SMILES string of the molecule is C=CCCCCCCCCCC(=O)OC(C)C. The summed E-state index contributed by atoms with van der Waals surface area (Å²) in [5.74, 6) is -0.0500. The molecule has 2 nitrogen and oxygen atoms in total. The number of esters is 1. The zero-order valence-corrected chi connectivity index (χ0v) is 11.5. The fourth-order valence-electron chi connectivity index (χ4n) is 1.76. The van der Waals surface area contributed by atoms with Gasteiger partial charge in [-0.3, -0.25) is 4.79 Å². The summed E-state index contributed by atoms with van der Waals surface area (Å²) >= 11 is 0. The zero-order chi connectivity index (χ0) is 12.9. The number of allylic oxidation sites excluding steroid dienone is 1. The summed E-state index contributed by atoms with van der Waals surface area (Å²) in [6.07, 6.45) is 12.3. The highest BCUT2D eigenvalue weighted by Crippen LogP contribution is 2.10. The number of carbonyl (C=O) groups is 1. The summed E-state index contributed by atoms with van der Waals surface area (Å²) in [5.41, 5.74) is 0. The third-order valence-corrected chi connectivity index (χ3v) is 2.66. The van der Waals surface area contributed by atoms with Crippen LogP contribution in [0.3, 0.4) is 0 Å². The van der Waals surface area contributed by atoms with E-state index in [1.165, 1.54) is 32.1 Å². The molecule has 0 amide bonds. The van der Waals surface area contributed by atoms with E-state index in [9.17, 15) is 4.79 Å². The van der Waals surface area contributed by atoms with Crippen molar-refractivity contribution in [3.05, 3.63) is 12.7 Å². The lowest BCUT2D eigenvalue weighted by Crippen LogP contribution is -2.10. The van der Waals surface area contributed by atoms with Crippen LogP contribution in [-0.2, 0) is 9.53 Å². The predicted octanol–water partition coefficient (Wildman–Crippen LogP) is 4.63. The van der Waals surface area contributed by atoms with Crippen LogP contribution >= 0.6 is 0 Å². The van der Waals surface area contributed by atoms with Gasteiger partial charge < -0.3 is 4.74 Å². The van der Waals surface area contributed by atoms with E-state index in [4.69, 9.17) is 4.74 Å². The highest BCUT2D eigenvalue weighted by molar-refractivity contribution is 5.69. The van der Waals surface area contributed by atoms with Crippen molar-refractivity contribution in [3.63, 3.8) is 0 Å². The first-order valence-corrected chi connectivity index (χ1v) is 6.97. The van der Waals surface area contributed by atoms with Crippen LogP contribution in [0.15, 0.2) is 12.7 Å². The van der Waals surface area contributed by atoms with Gasteiger partial charge >= 0.3 is 5.97 Å². The largest absolute Gasteiger partial charge is 0.463 e. The third-order valence-electron chi connectivity index (χ3n) is 2.66. The Balaban J connectivity index is 3.13. The number of hydrogen-bond acceptors (Lipinski definition) is 2. The van der Waals surface area contributed by atoms with Gasteiger partial charge in [0.05, 0.1) is 6.10 Å². The van der Waals surface area contributed by atoms with Gasteiger partial charge in [0, 0.05) is 6.42 Å². The fraction of sp³-hybridized carbons (Fsp3) is 0.800. The van der Waals surface area contributed by atoms with Gasteiger partial charge in [-0.1, -0.05) is 38.2 Å². The summed E-state index contributed by atoms with van der Waals surface area (Å²) in [6, 6.07) is 0. The normalized spacial score (nSPS) is 10.5. The molecule has 0 aliphatic heterocycles. The van der Waals surface area contributed by atoms with Crippen LogP contribution in [-0.4, -0.2) is 12.1 Å². The first-order valence-electron chi connectivity index (χ1n) is 6.97. The molecule has 0 bridgehead atoms. The van der Waals surface area contributed by atoms with Gasteiger partial charge in [-0.2, -0.15) is 0 Å². The van der Waals surface area contributed by atoms with E-state index in [1.54, 1.807) is 0 Å². The van der Waals surface area contributed by atoms with Crippen molar-refractivity contribution in [1.82, 2.24) is 0 Å². The summed E-state index contributed by atoms with van der Waals surface area (Å²) < 4.78 is 5.07. The lowest BCUT2D eigenvalue weighted by atomic mass is 10.1. The minimum Gasteiger partial charge on any atom is -0.463 e. The van der Waals surface area contributed by atoms with E-state index in [-0.39, 0.29) is 12.1 Å². The maximum Gasteiger partial charge on any atom is 0.306 e. The number of carbonyl (C=O) groups excluding carboxylic acids is 1. The van der Waals surface area contributed by atoms with Gasteiger partial charge in [0.25, 0.3) is 0 Å². The quantitative estimate of drug-likeness (QED) is 0.299. The highest BCUT2D eigenvalue weighted by Gasteiger charge is 2.04. The molecule has 0 unspecified atom stereocenters. The van der Waals surface area contributed by atoms with Crippen LogP contribution in [0, 0.1) is 0 Å². The Hall–Kier alpha value is -0.790. The Morgan fingerprint density at radius 3 is 2.12 bits per heavy atom. The molecule has 0 fully saturated rings. The van der Waals surface area contributed by atoms with Crippen LogP contribution < -0.4 is 0 Å². The minimum atomic E-state index is -0.0500. The summed E-state index contributed by atoms with van der Waals surface area (Å²) in [7, 11) is 0. The van der Waals surface area contributed by atoms with Gasteiger partial charge in [-0.25, -0.2) is 0 Å². The number of rotatable bonds is 11. The van der Waals surface area contributed by atoms with Crippen molar-refractivity contribution in [2.45, 2.75) is 77.7 Å². The molecular formula is C15H28O2. The van der Waals surface area contributed by atoms with Gasteiger partial charge in [-0.05, 0) is 33.1 Å². The van der Waals surface area contributed by atoms with E-state index in [2.05, 4.69) is 6.58 Å². The Kier molecular flexibility index (Phi) is 11.1. The highest BCUT2D eigenvalue weighted by atomic mass is 16.5. The van der Waals surface area contributed by atoms with Gasteiger partial charge in [-0.15, -0.1) is 6.58 Å². The Morgan fingerprint density at radius 1 is 1.06 bits per heavy atom. The van der Waals surface area contributed by atoms with E-state index in [0.717, 1.165) is 19.3 Å². The van der Waals surface area contributed by atoms with Crippen molar-refractivity contribution < 1.29 is 9.53 Å². The van der Waals surface area contributed by atoms with Crippen molar-refractivity contribution in [2.24, 2.45) is 0 Å². The molecule has 0 rings (SSSR count). The molecule has 0 N–H and O–H groups in total. The molecule has 0 atom stereocenters. The lowest BCUT2D eigenvalue weighted by Gasteiger charge is -2.07. The maximum absolute atomic E-state index is 11.2. The van der Waals surface area contributed by atoms with Crippen molar-refractivity contribution in [2.75, 3.05) is 0 Å². The van der Waals surface area contributed by atoms with Crippen molar-refractivity contribution in [3.8, 4) is 0 Å². The molecule has 0 spiro atoms. The average molecular weight is 240 g/mol. The number of hydrogen-bond donors (Lipinski definition) is 0. The zero-order valence-electron chi connectivity index (χ0n) is 11.5. The van der Waals surface area contributed by atoms with Crippen LogP contribution in [0.5, 0.6) is 0 Å². The van der Waals surface area contributed by atoms with Crippen LogP contribution in [0.4, 0.5) is 0 Å². The van der Waals surface area contributed by atoms with Crippen LogP contribution in [0.25, 0.3) is 0 Å². The molecule has 0 saturated carbocycles. The summed E-state index contributed by atoms with van der Waals surface area (Å²) in [4.78, 5) is 11.2. The van der Waals surface area contributed by atoms with E-state index in [0.29, 0.717) is 6.42 Å². The summed E-state index contributed by atoms with van der Waals surface area (Å²) in [5, 5.41) is 0. The van der Waals surface area contributed by atoms with Gasteiger partial charge in [0.15, 0.2) is 0 Å². The smallest absolute Gasteiger partial charge is 0.306 e. The molecule has 0 aliphatic rings. The van der Waals surface area contributed by atoms with E-state index in [1.807, 2.05) is 19.9 Å². The topological polar surface area (TPSA) is 26.3 Å². The Morgan fingerprint density at radius 2 is 1.59 bits per heavy atom. The molecule has 0 aliphatic carbocycles. The van der Waals surface area contributed by atoms with Gasteiger partial charge in [0.2, 0.25) is 0 Å². The molecular weight excluding hydrogens is 212 g/mol. The molecule has 0 radical (unpaired) electrons. The molecule has 2 heteroatoms. The van der Waals surface area contributed by atoms with Crippen molar-refractivity contribution in [1.29, 1.82) is 0 Å². The third kappa shape index (κ3) is 13.1. The average Bonchev–Trinajstić information content (AvgIpc) is 2.26. The molecule has 100 valence electrons. The van der Waals surface area contributed by atoms with Crippen LogP contribution in [0.1, 0.15) is 71.6 Å². The van der Waals surface area contributed by atoms with E-state index < -0.39 is 0 Å². The molecule has 0 aromatic heterocycles. The maximum atomic E-state index is 11.2. The molecule has 17 heavy (non-hydrogen) atoms. The molecule has 0 saturated heterocycles. The Labute approximate surface area is 106 Å². The standard InChI is InChI=1S/C15H28O2/c1-4-5-6-7-8-9-10-11-12-13-15(16)17-14(2)3/h4,14H,1,5-13H2,2-3H3. The number of ether oxygens (including phenoxy) is 1. The lowest BCUT2D eigenvalue weighted by molar-refractivity contribution is -0.147. The second kappa shape index (κ2) is 11.7. The molecule has 0 aromatic carbocycles. The first-order chi connectivity index (χ1) is 8.16. The molecule has 0 heterocycles. The Bertz CT molecular complexity index is 197. The van der Waals surface area contributed by atoms with Gasteiger partial charge in [0.1, 0.15) is 0 Å². The molecule has 0 aromatic rings. The van der Waals surface area contributed by atoms with Crippen molar-refractivity contribution >= 4 is 5.97 Å². The van der Waals surface area contributed by atoms with E-state index >= 15 is 0 Å². The first kappa shape index (κ1) is 16.2. The number of unbranched alkanes of at least 4 members (excludes halogenated alkanes) is 7. The van der Waals surface area contributed by atoms with Crippen LogP contribution in [0.2, 0.25) is 0 Å². The predicted molar refractivity (Wildman–Crippen MR) is 73.0 cm³/mol. The second-order valence-electron chi connectivity index (χ2n) is 4.84. The second-order valence-corrected chi connectivity index (χ2v) is 4.84. The monoisotopic (exact) mass is 240 g/mol. The minimum absolute atomic E-state index is 0.0207.